The number of pyridine rings is 1. The van der Waals surface area contributed by atoms with Gasteiger partial charge in [-0.3, -0.25) is 14.7 Å². The third kappa shape index (κ3) is 3.50. The van der Waals surface area contributed by atoms with Crippen LogP contribution in [0.5, 0.6) is 0 Å². The van der Waals surface area contributed by atoms with Crippen molar-refractivity contribution >= 4 is 22.4 Å². The van der Waals surface area contributed by atoms with Crippen molar-refractivity contribution < 1.29 is 4.79 Å². The van der Waals surface area contributed by atoms with Crippen LogP contribution < -0.4 is 4.90 Å². The zero-order valence-electron chi connectivity index (χ0n) is 12.7. The van der Waals surface area contributed by atoms with Crippen molar-refractivity contribution in [3.8, 4) is 10.6 Å². The first-order valence-corrected chi connectivity index (χ1v) is 8.56. The Labute approximate surface area is 134 Å². The van der Waals surface area contributed by atoms with Gasteiger partial charge in [-0.25, -0.2) is 0 Å². The Morgan fingerprint density at radius 3 is 2.86 bits per heavy atom. The van der Waals surface area contributed by atoms with Crippen LogP contribution in [0.1, 0.15) is 38.5 Å². The summed E-state index contributed by atoms with van der Waals surface area (Å²) in [5.41, 5.74) is 0.930. The van der Waals surface area contributed by atoms with E-state index < -0.39 is 0 Å². The summed E-state index contributed by atoms with van der Waals surface area (Å²) in [5.74, 6) is 0.676. The maximum Gasteiger partial charge on any atom is 0.228 e. The Balaban J connectivity index is 1.65. The van der Waals surface area contributed by atoms with Gasteiger partial charge in [0.2, 0.25) is 11.0 Å². The van der Waals surface area contributed by atoms with Crippen LogP contribution >= 0.6 is 11.3 Å². The van der Waals surface area contributed by atoms with Crippen molar-refractivity contribution in [2.45, 2.75) is 38.5 Å². The van der Waals surface area contributed by atoms with Gasteiger partial charge in [-0.15, -0.1) is 10.2 Å². The molecule has 1 aliphatic carbocycles. The van der Waals surface area contributed by atoms with Gasteiger partial charge in [0.15, 0.2) is 5.01 Å². The lowest BCUT2D eigenvalue weighted by molar-refractivity contribution is -0.119. The summed E-state index contributed by atoms with van der Waals surface area (Å²) in [6, 6.07) is 3.81. The lowest BCUT2D eigenvalue weighted by Gasteiger charge is -2.22. The summed E-state index contributed by atoms with van der Waals surface area (Å²) >= 11 is 1.43. The van der Waals surface area contributed by atoms with E-state index in [2.05, 4.69) is 15.2 Å². The topological polar surface area (TPSA) is 59.0 Å². The first-order valence-electron chi connectivity index (χ1n) is 7.74. The number of hydrogen-bond donors (Lipinski definition) is 0. The maximum atomic E-state index is 12.4. The van der Waals surface area contributed by atoms with Crippen LogP contribution in [0, 0.1) is 5.92 Å². The summed E-state index contributed by atoms with van der Waals surface area (Å²) in [6.07, 6.45) is 10.3. The smallest absolute Gasteiger partial charge is 0.228 e. The fourth-order valence-corrected chi connectivity index (χ4v) is 3.65. The highest BCUT2D eigenvalue weighted by Crippen LogP contribution is 2.30. The first-order chi connectivity index (χ1) is 10.7. The standard InChI is InChI=1S/C16H20N4OS/c1-20(14(21)10-12-6-3-2-4-7-12)16-19-18-15(22-16)13-8-5-9-17-11-13/h5,8-9,11-12H,2-4,6-7,10H2,1H3. The number of hydrogen-bond acceptors (Lipinski definition) is 5. The highest BCUT2D eigenvalue weighted by molar-refractivity contribution is 7.18. The number of aromatic nitrogens is 3. The number of rotatable bonds is 4. The predicted octanol–water partition coefficient (Wildman–Crippen LogP) is 3.53. The monoisotopic (exact) mass is 316 g/mol. The predicted molar refractivity (Wildman–Crippen MR) is 87.7 cm³/mol. The lowest BCUT2D eigenvalue weighted by Crippen LogP contribution is -2.28. The van der Waals surface area contributed by atoms with E-state index in [4.69, 9.17) is 0 Å². The lowest BCUT2D eigenvalue weighted by atomic mass is 9.87. The van der Waals surface area contributed by atoms with Crippen LogP contribution in [-0.4, -0.2) is 28.1 Å². The van der Waals surface area contributed by atoms with E-state index in [1.165, 1.54) is 43.4 Å². The van der Waals surface area contributed by atoms with Crippen molar-refractivity contribution in [2.75, 3.05) is 11.9 Å². The summed E-state index contributed by atoms with van der Waals surface area (Å²) < 4.78 is 0. The molecule has 1 saturated carbocycles. The molecule has 3 rings (SSSR count). The number of nitrogens with zero attached hydrogens (tertiary/aromatic N) is 4. The Kier molecular flexibility index (Phi) is 4.77. The van der Waals surface area contributed by atoms with E-state index in [1.54, 1.807) is 24.3 Å². The molecule has 1 amide bonds. The third-order valence-corrected chi connectivity index (χ3v) is 5.22. The molecule has 0 atom stereocenters. The molecule has 0 saturated heterocycles. The van der Waals surface area contributed by atoms with E-state index in [0.29, 0.717) is 17.5 Å². The Morgan fingerprint density at radius 1 is 1.32 bits per heavy atom. The molecule has 0 N–H and O–H groups in total. The van der Waals surface area contributed by atoms with E-state index in [1.807, 2.05) is 12.1 Å². The number of carbonyl (C=O) groups excluding carboxylic acids is 1. The average molecular weight is 316 g/mol. The number of carbonyl (C=O) groups is 1. The van der Waals surface area contributed by atoms with Crippen LogP contribution in [-0.2, 0) is 4.79 Å². The summed E-state index contributed by atoms with van der Waals surface area (Å²) in [5, 5.41) is 9.77. The largest absolute Gasteiger partial charge is 0.290 e. The van der Waals surface area contributed by atoms with Crippen LogP contribution in [0.25, 0.3) is 10.6 Å². The van der Waals surface area contributed by atoms with Gasteiger partial charge in [0.25, 0.3) is 0 Å². The van der Waals surface area contributed by atoms with Gasteiger partial charge in [-0.1, -0.05) is 30.6 Å². The van der Waals surface area contributed by atoms with Gasteiger partial charge < -0.3 is 0 Å². The molecule has 0 unspecified atom stereocenters. The van der Waals surface area contributed by atoms with Crippen LogP contribution in [0.15, 0.2) is 24.5 Å². The summed E-state index contributed by atoms with van der Waals surface area (Å²) in [4.78, 5) is 18.1. The first kappa shape index (κ1) is 15.1. The molecule has 0 radical (unpaired) electrons. The molecule has 0 bridgehead atoms. The quantitative estimate of drug-likeness (QED) is 0.865. The Bertz CT molecular complexity index is 622. The van der Waals surface area contributed by atoms with Crippen molar-refractivity contribution in [3.05, 3.63) is 24.5 Å². The van der Waals surface area contributed by atoms with E-state index >= 15 is 0 Å². The molecular formula is C16H20N4OS. The molecular weight excluding hydrogens is 296 g/mol. The molecule has 6 heteroatoms. The van der Waals surface area contributed by atoms with Crippen LogP contribution in [0.2, 0.25) is 0 Å². The van der Waals surface area contributed by atoms with Gasteiger partial charge >= 0.3 is 0 Å². The molecule has 2 aromatic heterocycles. The maximum absolute atomic E-state index is 12.4. The van der Waals surface area contributed by atoms with Crippen LogP contribution in [0.4, 0.5) is 5.13 Å². The van der Waals surface area contributed by atoms with E-state index in [0.717, 1.165) is 10.6 Å². The Morgan fingerprint density at radius 2 is 2.14 bits per heavy atom. The molecule has 2 heterocycles. The zero-order chi connectivity index (χ0) is 15.4. The molecule has 1 fully saturated rings. The van der Waals surface area contributed by atoms with Crippen molar-refractivity contribution in [1.82, 2.24) is 15.2 Å². The molecule has 0 spiro atoms. The van der Waals surface area contributed by atoms with Crippen molar-refractivity contribution in [3.63, 3.8) is 0 Å². The Hall–Kier alpha value is -1.82. The number of amides is 1. The summed E-state index contributed by atoms with van der Waals surface area (Å²) in [6.45, 7) is 0. The molecule has 0 aromatic carbocycles. The molecule has 0 aliphatic heterocycles. The van der Waals surface area contributed by atoms with E-state index in [-0.39, 0.29) is 5.91 Å². The van der Waals surface area contributed by atoms with Gasteiger partial charge in [0.1, 0.15) is 0 Å². The number of anilines is 1. The van der Waals surface area contributed by atoms with Gasteiger partial charge in [-0.2, -0.15) is 0 Å². The van der Waals surface area contributed by atoms with Gasteiger partial charge in [-0.05, 0) is 30.9 Å². The minimum atomic E-state index is 0.140. The fraction of sp³-hybridized carbons (Fsp3) is 0.500. The third-order valence-electron chi connectivity index (χ3n) is 4.17. The molecule has 5 nitrogen and oxygen atoms in total. The highest BCUT2D eigenvalue weighted by atomic mass is 32.1. The van der Waals surface area contributed by atoms with Crippen molar-refractivity contribution in [2.24, 2.45) is 5.92 Å². The molecule has 2 aromatic rings. The highest BCUT2D eigenvalue weighted by Gasteiger charge is 2.22. The minimum Gasteiger partial charge on any atom is -0.290 e. The summed E-state index contributed by atoms with van der Waals surface area (Å²) in [7, 11) is 1.79. The minimum absolute atomic E-state index is 0.140. The average Bonchev–Trinajstić information content (AvgIpc) is 3.06. The second-order valence-corrected chi connectivity index (χ2v) is 6.75. The second-order valence-electron chi connectivity index (χ2n) is 5.79. The normalized spacial score (nSPS) is 15.7. The second kappa shape index (κ2) is 6.96. The molecule has 116 valence electrons. The molecule has 1 aliphatic rings. The van der Waals surface area contributed by atoms with Gasteiger partial charge in [0.05, 0.1) is 0 Å². The SMILES string of the molecule is CN(C(=O)CC1CCCCC1)c1nnc(-c2cccnc2)s1. The fourth-order valence-electron chi connectivity index (χ4n) is 2.84. The van der Waals surface area contributed by atoms with Crippen molar-refractivity contribution in [1.29, 1.82) is 0 Å². The van der Waals surface area contributed by atoms with Gasteiger partial charge in [0, 0.05) is 31.4 Å². The van der Waals surface area contributed by atoms with E-state index in [9.17, 15) is 4.79 Å². The zero-order valence-corrected chi connectivity index (χ0v) is 13.6. The molecule has 22 heavy (non-hydrogen) atoms. The van der Waals surface area contributed by atoms with Crippen LogP contribution in [0.3, 0.4) is 0 Å².